The smallest absolute Gasteiger partial charge is 0.314 e. The van der Waals surface area contributed by atoms with E-state index in [4.69, 9.17) is 9.47 Å². The van der Waals surface area contributed by atoms with Crippen LogP contribution in [-0.2, 0) is 14.3 Å². The van der Waals surface area contributed by atoms with Crippen molar-refractivity contribution in [2.75, 3.05) is 48.9 Å². The lowest BCUT2D eigenvalue weighted by Gasteiger charge is -2.30. The Hall–Kier alpha value is -3.66. The fraction of sp³-hybridized carbons (Fsp3) is 0.263. The molecule has 0 aliphatic carbocycles. The zero-order valence-electron chi connectivity index (χ0n) is 15.7. The van der Waals surface area contributed by atoms with E-state index in [9.17, 15) is 19.7 Å². The molecule has 1 fully saturated rings. The SMILES string of the molecule is COc1cc([N+](=O)[O-])ccc1NC(=O)C(=O)Nc1ccccc1N1CCOCC1. The van der Waals surface area contributed by atoms with Gasteiger partial charge >= 0.3 is 11.8 Å². The number of hydrogen-bond acceptors (Lipinski definition) is 7. The van der Waals surface area contributed by atoms with Crippen LogP contribution in [0.5, 0.6) is 5.75 Å². The molecule has 2 aromatic carbocycles. The van der Waals surface area contributed by atoms with Crippen molar-refractivity contribution < 1.29 is 24.0 Å². The van der Waals surface area contributed by atoms with Crippen LogP contribution in [0.1, 0.15) is 0 Å². The molecule has 1 saturated heterocycles. The van der Waals surface area contributed by atoms with Crippen LogP contribution in [0, 0.1) is 10.1 Å². The second-order valence-corrected chi connectivity index (χ2v) is 6.17. The van der Waals surface area contributed by atoms with E-state index in [0.29, 0.717) is 32.0 Å². The summed E-state index contributed by atoms with van der Waals surface area (Å²) in [5, 5.41) is 15.9. The van der Waals surface area contributed by atoms with Crippen LogP contribution in [0.2, 0.25) is 0 Å². The van der Waals surface area contributed by atoms with Gasteiger partial charge in [0.2, 0.25) is 0 Å². The quantitative estimate of drug-likeness (QED) is 0.447. The molecule has 1 heterocycles. The second kappa shape index (κ2) is 9.02. The lowest BCUT2D eigenvalue weighted by molar-refractivity contribution is -0.384. The Morgan fingerprint density at radius 3 is 2.38 bits per heavy atom. The molecule has 29 heavy (non-hydrogen) atoms. The number of benzene rings is 2. The minimum absolute atomic E-state index is 0.0778. The van der Waals surface area contributed by atoms with Crippen molar-refractivity contribution in [3.8, 4) is 5.75 Å². The molecule has 2 amide bonds. The number of morpholine rings is 1. The van der Waals surface area contributed by atoms with Crippen LogP contribution in [0.25, 0.3) is 0 Å². The molecular weight excluding hydrogens is 380 g/mol. The molecule has 152 valence electrons. The van der Waals surface area contributed by atoms with Crippen LogP contribution < -0.4 is 20.3 Å². The van der Waals surface area contributed by atoms with Gasteiger partial charge in [0.15, 0.2) is 0 Å². The number of hydrogen-bond donors (Lipinski definition) is 2. The Morgan fingerprint density at radius 2 is 1.72 bits per heavy atom. The molecule has 0 radical (unpaired) electrons. The molecule has 0 saturated carbocycles. The van der Waals surface area contributed by atoms with Gasteiger partial charge in [-0.1, -0.05) is 12.1 Å². The molecule has 3 rings (SSSR count). The number of methoxy groups -OCH3 is 1. The van der Waals surface area contributed by atoms with Gasteiger partial charge in [-0.15, -0.1) is 0 Å². The number of amides is 2. The third-order valence-electron chi connectivity index (χ3n) is 4.35. The Bertz CT molecular complexity index is 927. The zero-order valence-corrected chi connectivity index (χ0v) is 15.7. The Kier molecular flexibility index (Phi) is 6.25. The molecule has 1 aliphatic rings. The average molecular weight is 400 g/mol. The fourth-order valence-electron chi connectivity index (χ4n) is 2.91. The maximum absolute atomic E-state index is 12.4. The normalized spacial score (nSPS) is 13.5. The van der Waals surface area contributed by atoms with Crippen molar-refractivity contribution in [1.82, 2.24) is 0 Å². The molecule has 0 spiro atoms. The number of para-hydroxylation sites is 2. The van der Waals surface area contributed by atoms with Crippen LogP contribution in [-0.4, -0.2) is 50.2 Å². The molecule has 0 atom stereocenters. The summed E-state index contributed by atoms with van der Waals surface area (Å²) in [6.07, 6.45) is 0. The lowest BCUT2D eigenvalue weighted by atomic mass is 10.2. The molecular formula is C19H20N4O6. The predicted octanol–water partition coefficient (Wildman–Crippen LogP) is 2.02. The van der Waals surface area contributed by atoms with Crippen molar-refractivity contribution in [3.05, 3.63) is 52.6 Å². The second-order valence-electron chi connectivity index (χ2n) is 6.17. The third kappa shape index (κ3) is 4.79. The summed E-state index contributed by atoms with van der Waals surface area (Å²) < 4.78 is 10.4. The van der Waals surface area contributed by atoms with Gasteiger partial charge in [0, 0.05) is 19.2 Å². The van der Waals surface area contributed by atoms with E-state index in [1.165, 1.54) is 25.3 Å². The Labute approximate surface area is 166 Å². The first kappa shape index (κ1) is 20.1. The molecule has 2 aromatic rings. The number of carbonyl (C=O) groups excluding carboxylic acids is 2. The van der Waals surface area contributed by atoms with E-state index in [-0.39, 0.29) is 17.1 Å². The average Bonchev–Trinajstić information content (AvgIpc) is 2.74. The first-order valence-corrected chi connectivity index (χ1v) is 8.86. The Balaban J connectivity index is 1.72. The Morgan fingerprint density at radius 1 is 1.07 bits per heavy atom. The molecule has 0 aromatic heterocycles. The largest absolute Gasteiger partial charge is 0.494 e. The summed E-state index contributed by atoms with van der Waals surface area (Å²) in [6, 6.07) is 10.9. The van der Waals surface area contributed by atoms with E-state index in [0.717, 1.165) is 5.69 Å². The highest BCUT2D eigenvalue weighted by Gasteiger charge is 2.21. The summed E-state index contributed by atoms with van der Waals surface area (Å²) in [7, 11) is 1.31. The van der Waals surface area contributed by atoms with Crippen LogP contribution in [0.15, 0.2) is 42.5 Å². The van der Waals surface area contributed by atoms with Gasteiger partial charge in [0.05, 0.1) is 48.4 Å². The molecule has 10 nitrogen and oxygen atoms in total. The number of ether oxygens (including phenoxy) is 2. The number of nitro benzene ring substituents is 1. The van der Waals surface area contributed by atoms with Gasteiger partial charge in [-0.25, -0.2) is 0 Å². The summed E-state index contributed by atoms with van der Waals surface area (Å²) in [5.41, 5.74) is 1.26. The molecule has 1 aliphatic heterocycles. The summed E-state index contributed by atoms with van der Waals surface area (Å²) in [5.74, 6) is -1.71. The van der Waals surface area contributed by atoms with Crippen molar-refractivity contribution >= 4 is 34.6 Å². The molecule has 2 N–H and O–H groups in total. The summed E-state index contributed by atoms with van der Waals surface area (Å²) in [4.78, 5) is 37.1. The highest BCUT2D eigenvalue weighted by molar-refractivity contribution is 6.44. The summed E-state index contributed by atoms with van der Waals surface area (Å²) >= 11 is 0. The van der Waals surface area contributed by atoms with E-state index < -0.39 is 16.7 Å². The molecule has 10 heteroatoms. The van der Waals surface area contributed by atoms with Crippen molar-refractivity contribution in [2.45, 2.75) is 0 Å². The number of anilines is 3. The van der Waals surface area contributed by atoms with Gasteiger partial charge in [-0.3, -0.25) is 19.7 Å². The number of nitrogens with one attached hydrogen (secondary N) is 2. The van der Waals surface area contributed by atoms with Crippen LogP contribution in [0.4, 0.5) is 22.7 Å². The molecule has 0 unspecified atom stereocenters. The maximum atomic E-state index is 12.4. The van der Waals surface area contributed by atoms with Gasteiger partial charge < -0.3 is 25.0 Å². The number of nitro groups is 1. The van der Waals surface area contributed by atoms with E-state index in [2.05, 4.69) is 15.5 Å². The van der Waals surface area contributed by atoms with Gasteiger partial charge in [0.25, 0.3) is 5.69 Å². The first-order chi connectivity index (χ1) is 14.0. The van der Waals surface area contributed by atoms with Crippen molar-refractivity contribution in [1.29, 1.82) is 0 Å². The topological polar surface area (TPSA) is 123 Å². The number of carbonyl (C=O) groups is 2. The fourth-order valence-corrected chi connectivity index (χ4v) is 2.91. The third-order valence-corrected chi connectivity index (χ3v) is 4.35. The standard InChI is InChI=1S/C19H20N4O6/c1-28-17-12-13(23(26)27)6-7-15(17)21-19(25)18(24)20-14-4-2-3-5-16(14)22-8-10-29-11-9-22/h2-7,12H,8-11H2,1H3,(H,20,24)(H,21,25). The van der Waals surface area contributed by atoms with Crippen LogP contribution >= 0.6 is 0 Å². The number of non-ortho nitro benzene ring substituents is 1. The van der Waals surface area contributed by atoms with Gasteiger partial charge in [-0.05, 0) is 18.2 Å². The highest BCUT2D eigenvalue weighted by atomic mass is 16.6. The van der Waals surface area contributed by atoms with E-state index >= 15 is 0 Å². The monoisotopic (exact) mass is 400 g/mol. The van der Waals surface area contributed by atoms with Gasteiger partial charge in [0.1, 0.15) is 5.75 Å². The highest BCUT2D eigenvalue weighted by Crippen LogP contribution is 2.29. The first-order valence-electron chi connectivity index (χ1n) is 8.86. The van der Waals surface area contributed by atoms with Crippen LogP contribution in [0.3, 0.4) is 0 Å². The van der Waals surface area contributed by atoms with Gasteiger partial charge in [-0.2, -0.15) is 0 Å². The molecule has 0 bridgehead atoms. The summed E-state index contributed by atoms with van der Waals surface area (Å²) in [6.45, 7) is 2.53. The minimum atomic E-state index is -0.922. The lowest BCUT2D eigenvalue weighted by Crippen LogP contribution is -2.37. The van der Waals surface area contributed by atoms with E-state index in [1.54, 1.807) is 12.1 Å². The minimum Gasteiger partial charge on any atom is -0.494 e. The van der Waals surface area contributed by atoms with E-state index in [1.807, 2.05) is 12.1 Å². The predicted molar refractivity (Wildman–Crippen MR) is 106 cm³/mol. The maximum Gasteiger partial charge on any atom is 0.314 e. The van der Waals surface area contributed by atoms with Crippen molar-refractivity contribution in [2.24, 2.45) is 0 Å². The zero-order chi connectivity index (χ0) is 20.8. The van der Waals surface area contributed by atoms with Crippen molar-refractivity contribution in [3.63, 3.8) is 0 Å². The number of rotatable bonds is 5. The number of nitrogens with zero attached hydrogens (tertiary/aromatic N) is 2.